The van der Waals surface area contributed by atoms with Gasteiger partial charge in [-0.25, -0.2) is 0 Å². The number of para-hydroxylation sites is 1. The summed E-state index contributed by atoms with van der Waals surface area (Å²) in [5, 5.41) is 2.88. The van der Waals surface area contributed by atoms with Gasteiger partial charge in [-0.3, -0.25) is 9.59 Å². The van der Waals surface area contributed by atoms with Crippen LogP contribution in [0, 0.1) is 6.92 Å². The third-order valence-corrected chi connectivity index (χ3v) is 4.49. The summed E-state index contributed by atoms with van der Waals surface area (Å²) in [4.78, 5) is 26.4. The van der Waals surface area contributed by atoms with Crippen molar-refractivity contribution >= 4 is 23.2 Å². The number of hydrogen-bond donors (Lipinski definition) is 1. The number of carbonyl (C=O) groups is 2. The van der Waals surface area contributed by atoms with Gasteiger partial charge >= 0.3 is 0 Å². The molecule has 26 heavy (non-hydrogen) atoms. The van der Waals surface area contributed by atoms with Gasteiger partial charge in [0.05, 0.1) is 5.69 Å². The van der Waals surface area contributed by atoms with Crippen molar-refractivity contribution in [3.05, 3.63) is 59.2 Å². The van der Waals surface area contributed by atoms with E-state index in [1.807, 2.05) is 49.4 Å². The van der Waals surface area contributed by atoms with Crippen LogP contribution in [0.25, 0.3) is 0 Å². The number of nitrogens with one attached hydrogen (secondary N) is 1. The molecule has 2 aromatic carbocycles. The Morgan fingerprint density at radius 2 is 1.73 bits per heavy atom. The lowest BCUT2D eigenvalue weighted by Gasteiger charge is -2.27. The molecule has 0 aromatic heterocycles. The van der Waals surface area contributed by atoms with Crippen molar-refractivity contribution in [2.45, 2.75) is 47.0 Å². The summed E-state index contributed by atoms with van der Waals surface area (Å²) in [7, 11) is 0. The predicted octanol–water partition coefficient (Wildman–Crippen LogP) is 4.67. The topological polar surface area (TPSA) is 49.4 Å². The van der Waals surface area contributed by atoms with E-state index in [4.69, 9.17) is 0 Å². The van der Waals surface area contributed by atoms with Crippen molar-refractivity contribution in [1.29, 1.82) is 0 Å². The van der Waals surface area contributed by atoms with Crippen molar-refractivity contribution in [3.63, 3.8) is 0 Å². The van der Waals surface area contributed by atoms with Crippen molar-refractivity contribution in [3.8, 4) is 0 Å². The minimum atomic E-state index is -0.206. The highest BCUT2D eigenvalue weighted by Crippen LogP contribution is 2.31. The zero-order valence-electron chi connectivity index (χ0n) is 16.3. The molecule has 0 atom stereocenters. The molecule has 1 N–H and O–H groups in total. The fourth-order valence-electron chi connectivity index (χ4n) is 3.03. The van der Waals surface area contributed by atoms with Crippen LogP contribution >= 0.6 is 0 Å². The molecule has 0 bridgehead atoms. The smallest absolute Gasteiger partial charge is 0.244 e. The van der Waals surface area contributed by atoms with E-state index in [0.717, 1.165) is 28.9 Å². The molecule has 4 heteroatoms. The Morgan fingerprint density at radius 3 is 2.27 bits per heavy atom. The van der Waals surface area contributed by atoms with E-state index in [9.17, 15) is 9.59 Å². The van der Waals surface area contributed by atoms with Crippen LogP contribution in [-0.4, -0.2) is 18.4 Å². The first-order valence-electron chi connectivity index (χ1n) is 9.09. The van der Waals surface area contributed by atoms with Gasteiger partial charge in [0.15, 0.2) is 0 Å². The Hall–Kier alpha value is -2.62. The Bertz CT molecular complexity index is 779. The fourth-order valence-corrected chi connectivity index (χ4v) is 3.03. The number of nitrogens with zero attached hydrogens (tertiary/aromatic N) is 1. The molecule has 0 saturated carbocycles. The predicted molar refractivity (Wildman–Crippen MR) is 108 cm³/mol. The van der Waals surface area contributed by atoms with E-state index < -0.39 is 0 Å². The lowest BCUT2D eigenvalue weighted by atomic mass is 9.97. The number of hydrogen-bond acceptors (Lipinski definition) is 2. The van der Waals surface area contributed by atoms with E-state index >= 15 is 0 Å². The number of anilines is 2. The summed E-state index contributed by atoms with van der Waals surface area (Å²) in [5.74, 6) is -0.0866. The van der Waals surface area contributed by atoms with Crippen LogP contribution in [0.1, 0.15) is 50.3 Å². The average Bonchev–Trinajstić information content (AvgIpc) is 2.60. The Balaban J connectivity index is 2.23. The second kappa shape index (κ2) is 8.65. The summed E-state index contributed by atoms with van der Waals surface area (Å²) in [6.45, 7) is 9.73. The molecule has 2 aromatic rings. The Morgan fingerprint density at radius 1 is 1.08 bits per heavy atom. The first-order valence-corrected chi connectivity index (χ1v) is 9.09. The van der Waals surface area contributed by atoms with Gasteiger partial charge in [0.25, 0.3) is 0 Å². The highest BCUT2D eigenvalue weighted by molar-refractivity contribution is 6.02. The third kappa shape index (κ3) is 4.72. The number of benzene rings is 2. The summed E-state index contributed by atoms with van der Waals surface area (Å²) in [6, 6.07) is 13.8. The van der Waals surface area contributed by atoms with Gasteiger partial charge in [0.1, 0.15) is 6.54 Å². The van der Waals surface area contributed by atoms with Gasteiger partial charge in [-0.05, 0) is 48.1 Å². The van der Waals surface area contributed by atoms with Crippen molar-refractivity contribution < 1.29 is 9.59 Å². The molecular weight excluding hydrogens is 324 g/mol. The second-order valence-corrected chi connectivity index (χ2v) is 6.87. The summed E-state index contributed by atoms with van der Waals surface area (Å²) in [5.41, 5.74) is 4.86. The molecule has 0 heterocycles. The van der Waals surface area contributed by atoms with E-state index in [-0.39, 0.29) is 24.3 Å². The summed E-state index contributed by atoms with van der Waals surface area (Å²) in [6.07, 6.45) is 0.956. The lowest BCUT2D eigenvalue weighted by Crippen LogP contribution is -2.37. The van der Waals surface area contributed by atoms with E-state index in [1.54, 1.807) is 4.90 Å². The molecule has 0 fully saturated rings. The Labute approximate surface area is 156 Å². The molecule has 2 amide bonds. The summed E-state index contributed by atoms with van der Waals surface area (Å²) >= 11 is 0. The van der Waals surface area contributed by atoms with Crippen molar-refractivity contribution in [2.75, 3.05) is 16.8 Å². The average molecular weight is 352 g/mol. The monoisotopic (exact) mass is 352 g/mol. The minimum absolute atomic E-state index is 0.00453. The molecule has 0 unspecified atom stereocenters. The van der Waals surface area contributed by atoms with Crippen LogP contribution in [0.15, 0.2) is 42.5 Å². The fraction of sp³-hybridized carbons (Fsp3) is 0.364. The quantitative estimate of drug-likeness (QED) is 0.821. The van der Waals surface area contributed by atoms with E-state index in [0.29, 0.717) is 0 Å². The molecule has 138 valence electrons. The molecule has 0 aliphatic heterocycles. The number of carbonyl (C=O) groups excluding carboxylic acids is 2. The molecule has 0 radical (unpaired) electrons. The SMILES string of the molecule is CCc1ccc(NC(=O)CN(C(C)=O)c2c(C)cccc2C(C)C)cc1. The van der Waals surface area contributed by atoms with Crippen LogP contribution in [0.5, 0.6) is 0 Å². The number of amides is 2. The Kier molecular flexibility index (Phi) is 6.56. The maximum Gasteiger partial charge on any atom is 0.244 e. The van der Waals surface area contributed by atoms with Gasteiger partial charge in [-0.15, -0.1) is 0 Å². The standard InChI is InChI=1S/C22H28N2O2/c1-6-18-10-12-19(13-11-18)23-21(26)14-24(17(5)25)22-16(4)8-7-9-20(22)15(2)3/h7-13,15H,6,14H2,1-5H3,(H,23,26). The highest BCUT2D eigenvalue weighted by atomic mass is 16.2. The zero-order valence-corrected chi connectivity index (χ0v) is 16.3. The molecular formula is C22H28N2O2. The van der Waals surface area contributed by atoms with Crippen molar-refractivity contribution in [2.24, 2.45) is 0 Å². The maximum atomic E-state index is 12.5. The molecule has 0 aliphatic rings. The largest absolute Gasteiger partial charge is 0.325 e. The van der Waals surface area contributed by atoms with Gasteiger partial charge in [0, 0.05) is 12.6 Å². The lowest BCUT2D eigenvalue weighted by molar-refractivity contribution is -0.120. The third-order valence-electron chi connectivity index (χ3n) is 4.49. The molecule has 0 saturated heterocycles. The molecule has 2 rings (SSSR count). The van der Waals surface area contributed by atoms with Gasteiger partial charge in [-0.1, -0.05) is 51.1 Å². The number of rotatable bonds is 6. The van der Waals surface area contributed by atoms with Gasteiger partial charge in [-0.2, -0.15) is 0 Å². The normalized spacial score (nSPS) is 10.7. The van der Waals surface area contributed by atoms with E-state index in [1.165, 1.54) is 12.5 Å². The molecule has 0 spiro atoms. The second-order valence-electron chi connectivity index (χ2n) is 6.87. The van der Waals surface area contributed by atoms with Crippen molar-refractivity contribution in [1.82, 2.24) is 0 Å². The number of aryl methyl sites for hydroxylation is 2. The van der Waals surface area contributed by atoms with E-state index in [2.05, 4.69) is 26.1 Å². The zero-order chi connectivity index (χ0) is 19.3. The first kappa shape index (κ1) is 19.7. The van der Waals surface area contributed by atoms with Gasteiger partial charge in [0.2, 0.25) is 11.8 Å². The van der Waals surface area contributed by atoms with Crippen LogP contribution in [-0.2, 0) is 16.0 Å². The van der Waals surface area contributed by atoms with Gasteiger partial charge < -0.3 is 10.2 Å². The first-order chi connectivity index (χ1) is 12.3. The van der Waals surface area contributed by atoms with Crippen LogP contribution in [0.2, 0.25) is 0 Å². The van der Waals surface area contributed by atoms with Crippen LogP contribution < -0.4 is 10.2 Å². The van der Waals surface area contributed by atoms with Crippen LogP contribution in [0.3, 0.4) is 0 Å². The maximum absolute atomic E-state index is 12.5. The molecule has 4 nitrogen and oxygen atoms in total. The molecule has 0 aliphatic carbocycles. The van der Waals surface area contributed by atoms with Crippen LogP contribution in [0.4, 0.5) is 11.4 Å². The highest BCUT2D eigenvalue weighted by Gasteiger charge is 2.21. The summed E-state index contributed by atoms with van der Waals surface area (Å²) < 4.78 is 0. The minimum Gasteiger partial charge on any atom is -0.325 e.